The number of rotatable bonds is 5. The molecule has 4 aromatic rings. The maximum absolute atomic E-state index is 11.1. The van der Waals surface area contributed by atoms with Crippen LogP contribution < -0.4 is 4.90 Å². The van der Waals surface area contributed by atoms with E-state index >= 15 is 0 Å². The van der Waals surface area contributed by atoms with E-state index in [9.17, 15) is 4.79 Å². The first-order chi connectivity index (χ1) is 16.5. The average molecular weight is 442 g/mol. The van der Waals surface area contributed by atoms with Crippen LogP contribution in [0.2, 0.25) is 0 Å². The Kier molecular flexibility index (Phi) is 5.30. The molecule has 5 rings (SSSR count). The molecular weight excluding hydrogens is 414 g/mol. The lowest BCUT2D eigenvalue weighted by Gasteiger charge is -2.42. The molecule has 0 bridgehead atoms. The third-order valence-electron chi connectivity index (χ3n) is 6.82. The molecule has 2 heteroatoms. The van der Waals surface area contributed by atoms with Gasteiger partial charge in [-0.25, -0.2) is 0 Å². The molecule has 0 unspecified atom stereocenters. The number of para-hydroxylation sites is 1. The van der Waals surface area contributed by atoms with Crippen LogP contribution in [-0.4, -0.2) is 6.29 Å². The summed E-state index contributed by atoms with van der Waals surface area (Å²) < 4.78 is 0. The van der Waals surface area contributed by atoms with Crippen molar-refractivity contribution in [3.05, 3.63) is 133 Å². The highest BCUT2D eigenvalue weighted by Gasteiger charge is 2.37. The number of fused-ring (bicyclic) bond motifs is 3. The Hall–Kier alpha value is -4.17. The van der Waals surface area contributed by atoms with Crippen LogP contribution in [0.1, 0.15) is 35.3 Å². The number of anilines is 2. The Morgan fingerprint density at radius 3 is 2.24 bits per heavy atom. The highest BCUT2D eigenvalue weighted by atomic mass is 16.1. The lowest BCUT2D eigenvalue weighted by Crippen LogP contribution is -2.32. The summed E-state index contributed by atoms with van der Waals surface area (Å²) >= 11 is 0. The van der Waals surface area contributed by atoms with Crippen molar-refractivity contribution in [2.75, 3.05) is 4.90 Å². The van der Waals surface area contributed by atoms with Gasteiger partial charge in [-0.15, -0.1) is 0 Å². The normalized spacial score (nSPS) is 14.3. The third kappa shape index (κ3) is 3.39. The van der Waals surface area contributed by atoms with Crippen LogP contribution in [0.3, 0.4) is 0 Å². The summed E-state index contributed by atoms with van der Waals surface area (Å²) in [6.45, 7) is 12.5. The predicted octanol–water partition coefficient (Wildman–Crippen LogP) is 8.35. The summed E-state index contributed by atoms with van der Waals surface area (Å²) in [6.07, 6.45) is 6.57. The molecule has 0 aromatic heterocycles. The smallest absolute Gasteiger partial charge is 0.150 e. The van der Waals surface area contributed by atoms with Crippen molar-refractivity contribution in [1.82, 2.24) is 0 Å². The molecule has 166 valence electrons. The molecule has 0 radical (unpaired) electrons. The van der Waals surface area contributed by atoms with Gasteiger partial charge in [0.15, 0.2) is 0 Å². The minimum atomic E-state index is -0.172. The van der Waals surface area contributed by atoms with Gasteiger partial charge in [-0.3, -0.25) is 4.79 Å². The van der Waals surface area contributed by atoms with Crippen molar-refractivity contribution in [2.24, 2.45) is 0 Å². The van der Waals surface area contributed by atoms with Crippen LogP contribution in [0, 0.1) is 0 Å². The molecule has 34 heavy (non-hydrogen) atoms. The van der Waals surface area contributed by atoms with E-state index in [1.807, 2.05) is 30.4 Å². The molecule has 0 saturated carbocycles. The summed E-state index contributed by atoms with van der Waals surface area (Å²) in [4.78, 5) is 13.4. The number of hydrogen-bond donors (Lipinski definition) is 0. The topological polar surface area (TPSA) is 20.3 Å². The molecule has 0 aliphatic carbocycles. The van der Waals surface area contributed by atoms with Gasteiger partial charge in [0, 0.05) is 16.7 Å². The lowest BCUT2D eigenvalue weighted by atomic mass is 9.73. The summed E-state index contributed by atoms with van der Waals surface area (Å²) in [5, 5.41) is 2.19. The predicted molar refractivity (Wildman–Crippen MR) is 144 cm³/mol. The van der Waals surface area contributed by atoms with E-state index in [0.29, 0.717) is 5.56 Å². The first kappa shape index (κ1) is 21.7. The number of benzene rings is 4. The molecule has 2 nitrogen and oxygen atoms in total. The van der Waals surface area contributed by atoms with Crippen molar-refractivity contribution in [1.29, 1.82) is 0 Å². The Balaban J connectivity index is 1.70. The second kappa shape index (κ2) is 8.31. The first-order valence-corrected chi connectivity index (χ1v) is 11.5. The molecule has 1 aliphatic heterocycles. The van der Waals surface area contributed by atoms with Gasteiger partial charge in [0.05, 0.1) is 11.4 Å². The van der Waals surface area contributed by atoms with Crippen molar-refractivity contribution >= 4 is 28.4 Å². The Bertz CT molecular complexity index is 1490. The Labute approximate surface area is 201 Å². The van der Waals surface area contributed by atoms with E-state index in [-0.39, 0.29) is 5.41 Å². The van der Waals surface area contributed by atoms with Crippen molar-refractivity contribution < 1.29 is 4.79 Å². The van der Waals surface area contributed by atoms with E-state index in [2.05, 4.69) is 92.6 Å². The van der Waals surface area contributed by atoms with Gasteiger partial charge >= 0.3 is 0 Å². The summed E-state index contributed by atoms with van der Waals surface area (Å²) in [5.74, 6) is 0. The summed E-state index contributed by atoms with van der Waals surface area (Å²) in [7, 11) is 0. The highest BCUT2D eigenvalue weighted by molar-refractivity contribution is 5.92. The van der Waals surface area contributed by atoms with Gasteiger partial charge in [-0.05, 0) is 75.5 Å². The van der Waals surface area contributed by atoms with E-state index in [0.717, 1.165) is 39.7 Å². The second-order valence-corrected chi connectivity index (χ2v) is 9.18. The van der Waals surface area contributed by atoms with Crippen molar-refractivity contribution in [2.45, 2.75) is 19.3 Å². The highest BCUT2D eigenvalue weighted by Crippen LogP contribution is 2.51. The third-order valence-corrected chi connectivity index (χ3v) is 6.82. The van der Waals surface area contributed by atoms with E-state index in [1.54, 1.807) is 6.08 Å². The van der Waals surface area contributed by atoms with Crippen LogP contribution >= 0.6 is 0 Å². The largest absolute Gasteiger partial charge is 0.310 e. The number of hydrogen-bond acceptors (Lipinski definition) is 2. The monoisotopic (exact) mass is 441 g/mol. The quantitative estimate of drug-likeness (QED) is 0.229. The van der Waals surface area contributed by atoms with Crippen molar-refractivity contribution in [3.63, 3.8) is 0 Å². The van der Waals surface area contributed by atoms with Gasteiger partial charge in [-0.1, -0.05) is 81.6 Å². The van der Waals surface area contributed by atoms with E-state index in [1.165, 1.54) is 16.7 Å². The molecule has 1 heterocycles. The fourth-order valence-electron chi connectivity index (χ4n) is 5.03. The van der Waals surface area contributed by atoms with Crippen molar-refractivity contribution in [3.8, 4) is 11.1 Å². The van der Waals surface area contributed by atoms with Gasteiger partial charge in [0.2, 0.25) is 0 Å². The minimum absolute atomic E-state index is 0.172. The first-order valence-electron chi connectivity index (χ1n) is 11.5. The van der Waals surface area contributed by atoms with Crippen LogP contribution in [0.15, 0.2) is 116 Å². The number of carbonyl (C=O) groups excluding carboxylic acids is 1. The minimum Gasteiger partial charge on any atom is -0.310 e. The van der Waals surface area contributed by atoms with Crippen LogP contribution in [0.4, 0.5) is 11.4 Å². The van der Waals surface area contributed by atoms with Gasteiger partial charge in [0.25, 0.3) is 0 Å². The molecule has 0 N–H and O–H groups in total. The summed E-state index contributed by atoms with van der Waals surface area (Å²) in [6, 6.07) is 27.5. The number of aldehydes is 1. The van der Waals surface area contributed by atoms with Gasteiger partial charge in [0.1, 0.15) is 6.29 Å². The fourth-order valence-corrected chi connectivity index (χ4v) is 5.03. The van der Waals surface area contributed by atoms with E-state index < -0.39 is 0 Å². The Morgan fingerprint density at radius 1 is 0.794 bits per heavy atom. The number of carbonyl (C=O) groups is 1. The molecule has 0 amide bonds. The van der Waals surface area contributed by atoms with Crippen LogP contribution in [-0.2, 0) is 5.41 Å². The Morgan fingerprint density at radius 2 is 1.47 bits per heavy atom. The second-order valence-electron chi connectivity index (χ2n) is 9.18. The average Bonchev–Trinajstić information content (AvgIpc) is 2.87. The molecule has 4 aromatic carbocycles. The van der Waals surface area contributed by atoms with Gasteiger partial charge < -0.3 is 4.90 Å². The zero-order valence-electron chi connectivity index (χ0n) is 19.6. The number of allylic oxidation sites excluding steroid dienone is 3. The number of nitrogens with zero attached hydrogens (tertiary/aromatic N) is 1. The fraction of sp³-hybridized carbons (Fsp3) is 0.0938. The maximum atomic E-state index is 11.1. The molecular formula is C32H27NO. The van der Waals surface area contributed by atoms with E-state index in [4.69, 9.17) is 0 Å². The lowest BCUT2D eigenvalue weighted by molar-refractivity contribution is 0.112. The zero-order valence-corrected chi connectivity index (χ0v) is 19.6. The standard InChI is InChI=1S/C32H27NO/c1-5-9-27(6-2)33-30-11-8-7-10-28(30)32(3,4)29-20-26(16-17-31(29)33)25-15-14-23-18-22(21-34)12-13-24(23)19-25/h5-21H,1-2H2,3-4H3/b27-9+. The van der Waals surface area contributed by atoms with Crippen LogP contribution in [0.25, 0.3) is 21.9 Å². The molecule has 0 fully saturated rings. The SMILES string of the molecule is C=C/C=C(\C=C)N1c2ccccc2C(C)(C)c2cc(-c3ccc4cc(C=O)ccc4c3)ccc21. The molecule has 0 atom stereocenters. The molecule has 1 aliphatic rings. The zero-order chi connectivity index (χ0) is 23.9. The maximum Gasteiger partial charge on any atom is 0.150 e. The van der Waals surface area contributed by atoms with Gasteiger partial charge in [-0.2, -0.15) is 0 Å². The molecule has 0 saturated heterocycles. The van der Waals surface area contributed by atoms with Crippen LogP contribution in [0.5, 0.6) is 0 Å². The molecule has 0 spiro atoms. The summed E-state index contributed by atoms with van der Waals surface area (Å²) in [5.41, 5.74) is 8.68.